The lowest BCUT2D eigenvalue weighted by molar-refractivity contribution is 0.0211. The van der Waals surface area contributed by atoms with Crippen molar-refractivity contribution in [1.82, 2.24) is 0 Å². The summed E-state index contributed by atoms with van der Waals surface area (Å²) in [5.41, 5.74) is -0.374. The van der Waals surface area contributed by atoms with Gasteiger partial charge in [-0.15, -0.1) is 0 Å². The van der Waals surface area contributed by atoms with Gasteiger partial charge >= 0.3 is 0 Å². The highest BCUT2D eigenvalue weighted by atomic mass is 16.3. The highest BCUT2D eigenvalue weighted by Gasteiger charge is 2.20. The highest BCUT2D eigenvalue weighted by molar-refractivity contribution is 4.74. The molecule has 0 unspecified atom stereocenters. The summed E-state index contributed by atoms with van der Waals surface area (Å²) in [5.74, 6) is 0. The van der Waals surface area contributed by atoms with Gasteiger partial charge < -0.3 is 5.11 Å². The van der Waals surface area contributed by atoms with Gasteiger partial charge in [0, 0.05) is 0 Å². The molecule has 0 radical (unpaired) electrons. The van der Waals surface area contributed by atoms with Crippen molar-refractivity contribution in [3.05, 3.63) is 0 Å². The monoisotopic (exact) mass is 242 g/mol. The Labute approximate surface area is 109 Å². The predicted octanol–water partition coefficient (Wildman–Crippen LogP) is 5.46. The van der Waals surface area contributed by atoms with Gasteiger partial charge in [-0.2, -0.15) is 0 Å². The van der Waals surface area contributed by atoms with E-state index >= 15 is 0 Å². The van der Waals surface area contributed by atoms with Crippen LogP contribution in [-0.2, 0) is 0 Å². The van der Waals surface area contributed by atoms with Gasteiger partial charge in [-0.05, 0) is 19.3 Å². The highest BCUT2D eigenvalue weighted by Crippen LogP contribution is 2.22. The fourth-order valence-corrected chi connectivity index (χ4v) is 2.37. The van der Waals surface area contributed by atoms with Crippen molar-refractivity contribution in [2.24, 2.45) is 0 Å². The van der Waals surface area contributed by atoms with Gasteiger partial charge in [0.2, 0.25) is 0 Å². The molecule has 17 heavy (non-hydrogen) atoms. The molecule has 0 saturated carbocycles. The zero-order valence-electron chi connectivity index (χ0n) is 12.4. The molecule has 0 amide bonds. The summed E-state index contributed by atoms with van der Waals surface area (Å²) in [6, 6.07) is 0. The van der Waals surface area contributed by atoms with E-state index in [9.17, 15) is 5.11 Å². The molecule has 0 aromatic carbocycles. The zero-order valence-corrected chi connectivity index (χ0v) is 12.4. The fourth-order valence-electron chi connectivity index (χ4n) is 2.37. The van der Waals surface area contributed by atoms with Gasteiger partial charge in [-0.1, -0.05) is 78.6 Å². The maximum absolute atomic E-state index is 10.1. The molecule has 0 aliphatic rings. The van der Waals surface area contributed by atoms with Crippen LogP contribution in [0.3, 0.4) is 0 Å². The number of hydrogen-bond donors (Lipinski definition) is 1. The molecule has 104 valence electrons. The fraction of sp³-hybridized carbons (Fsp3) is 1.00. The summed E-state index contributed by atoms with van der Waals surface area (Å²) in [6.07, 6.45) is 15.0. The molecule has 0 atom stereocenters. The van der Waals surface area contributed by atoms with Crippen LogP contribution in [-0.4, -0.2) is 10.7 Å². The summed E-state index contributed by atoms with van der Waals surface area (Å²) >= 11 is 0. The number of hydrogen-bond acceptors (Lipinski definition) is 1. The molecule has 1 heteroatoms. The Bertz CT molecular complexity index is 150. The minimum absolute atomic E-state index is 0.374. The van der Waals surface area contributed by atoms with Crippen molar-refractivity contribution < 1.29 is 5.11 Å². The van der Waals surface area contributed by atoms with Gasteiger partial charge in [0.1, 0.15) is 0 Å². The molecule has 0 aromatic rings. The Morgan fingerprint density at radius 1 is 0.647 bits per heavy atom. The molecule has 1 nitrogen and oxygen atoms in total. The molecule has 1 N–H and O–H groups in total. The summed E-state index contributed by atoms with van der Waals surface area (Å²) in [5, 5.41) is 10.1. The Morgan fingerprint density at radius 3 is 1.47 bits per heavy atom. The first-order chi connectivity index (χ1) is 8.18. The first-order valence-corrected chi connectivity index (χ1v) is 7.91. The van der Waals surface area contributed by atoms with Crippen LogP contribution in [0.15, 0.2) is 0 Å². The summed E-state index contributed by atoms with van der Waals surface area (Å²) < 4.78 is 0. The third-order valence-electron chi connectivity index (χ3n) is 4.06. The molecule has 0 aliphatic heterocycles. The lowest BCUT2D eigenvalue weighted by atomic mass is 9.90. The lowest BCUT2D eigenvalue weighted by Gasteiger charge is -2.24. The zero-order chi connectivity index (χ0) is 13.0. The van der Waals surface area contributed by atoms with Gasteiger partial charge in [-0.3, -0.25) is 0 Å². The Morgan fingerprint density at radius 2 is 1.06 bits per heavy atom. The van der Waals surface area contributed by atoms with Crippen LogP contribution in [0, 0.1) is 0 Å². The van der Waals surface area contributed by atoms with E-state index in [4.69, 9.17) is 0 Å². The quantitative estimate of drug-likeness (QED) is 0.451. The van der Waals surface area contributed by atoms with Crippen LogP contribution < -0.4 is 0 Å². The molecular formula is C16H34O. The summed E-state index contributed by atoms with van der Waals surface area (Å²) in [4.78, 5) is 0. The van der Waals surface area contributed by atoms with E-state index in [1.807, 2.05) is 0 Å². The largest absolute Gasteiger partial charge is 0.390 e. The average Bonchev–Trinajstić information content (AvgIpc) is 2.36. The molecule has 0 aromatic heterocycles. The minimum atomic E-state index is -0.374. The van der Waals surface area contributed by atoms with Crippen LogP contribution in [0.5, 0.6) is 0 Å². The van der Waals surface area contributed by atoms with Gasteiger partial charge in [0.15, 0.2) is 0 Å². The second-order valence-corrected chi connectivity index (χ2v) is 5.51. The van der Waals surface area contributed by atoms with Crippen molar-refractivity contribution in [3.63, 3.8) is 0 Å². The van der Waals surface area contributed by atoms with E-state index in [2.05, 4.69) is 20.8 Å². The standard InChI is InChI=1S/C16H34O/c1-4-7-8-9-10-11-12-13-14-15-16(17,5-2)6-3/h17H,4-15H2,1-3H3. The molecule has 0 saturated heterocycles. The normalized spacial score (nSPS) is 12.0. The molecule has 0 rings (SSSR count). The van der Waals surface area contributed by atoms with Gasteiger partial charge in [0.05, 0.1) is 5.60 Å². The molecule has 0 aliphatic carbocycles. The van der Waals surface area contributed by atoms with Crippen molar-refractivity contribution in [2.75, 3.05) is 0 Å². The third kappa shape index (κ3) is 9.64. The van der Waals surface area contributed by atoms with Crippen molar-refractivity contribution in [1.29, 1.82) is 0 Å². The number of unbranched alkanes of at least 4 members (excludes halogenated alkanes) is 8. The Balaban J connectivity index is 3.23. The third-order valence-corrected chi connectivity index (χ3v) is 4.06. The predicted molar refractivity (Wildman–Crippen MR) is 77.4 cm³/mol. The molecule has 0 heterocycles. The van der Waals surface area contributed by atoms with Gasteiger partial charge in [0.25, 0.3) is 0 Å². The van der Waals surface area contributed by atoms with Crippen LogP contribution in [0.25, 0.3) is 0 Å². The average molecular weight is 242 g/mol. The maximum Gasteiger partial charge on any atom is 0.0642 e. The van der Waals surface area contributed by atoms with E-state index in [0.717, 1.165) is 19.3 Å². The minimum Gasteiger partial charge on any atom is -0.390 e. The number of aliphatic hydroxyl groups is 1. The van der Waals surface area contributed by atoms with E-state index in [1.54, 1.807) is 0 Å². The lowest BCUT2D eigenvalue weighted by Crippen LogP contribution is -2.26. The van der Waals surface area contributed by atoms with Crippen molar-refractivity contribution in [3.8, 4) is 0 Å². The Kier molecular flexibility index (Phi) is 11.0. The van der Waals surface area contributed by atoms with Crippen molar-refractivity contribution >= 4 is 0 Å². The van der Waals surface area contributed by atoms with Crippen LogP contribution in [0.1, 0.15) is 97.8 Å². The smallest absolute Gasteiger partial charge is 0.0642 e. The Hall–Kier alpha value is -0.0400. The first kappa shape index (κ1) is 17.0. The molecule has 0 fully saturated rings. The summed E-state index contributed by atoms with van der Waals surface area (Å²) in [7, 11) is 0. The van der Waals surface area contributed by atoms with Crippen LogP contribution >= 0.6 is 0 Å². The van der Waals surface area contributed by atoms with E-state index in [1.165, 1.54) is 57.8 Å². The van der Waals surface area contributed by atoms with E-state index < -0.39 is 0 Å². The van der Waals surface area contributed by atoms with Crippen LogP contribution in [0.4, 0.5) is 0 Å². The first-order valence-electron chi connectivity index (χ1n) is 7.91. The maximum atomic E-state index is 10.1. The van der Waals surface area contributed by atoms with E-state index in [-0.39, 0.29) is 5.60 Å². The molecule has 0 spiro atoms. The SMILES string of the molecule is CCCCCCCCCCCC(O)(CC)CC. The van der Waals surface area contributed by atoms with E-state index in [0.29, 0.717) is 0 Å². The molecule has 0 bridgehead atoms. The molecular weight excluding hydrogens is 208 g/mol. The van der Waals surface area contributed by atoms with Crippen molar-refractivity contribution in [2.45, 2.75) is 103 Å². The topological polar surface area (TPSA) is 20.2 Å². The van der Waals surface area contributed by atoms with Crippen LogP contribution in [0.2, 0.25) is 0 Å². The number of rotatable bonds is 12. The second kappa shape index (κ2) is 11.1. The van der Waals surface area contributed by atoms with Gasteiger partial charge in [-0.25, -0.2) is 0 Å². The second-order valence-electron chi connectivity index (χ2n) is 5.51. The summed E-state index contributed by atoms with van der Waals surface area (Å²) in [6.45, 7) is 6.46.